The van der Waals surface area contributed by atoms with Crippen molar-refractivity contribution in [2.45, 2.75) is 77.1 Å². The molecular formula is C16H24BrN3O2. The first kappa shape index (κ1) is 15.8. The van der Waals surface area contributed by atoms with Gasteiger partial charge in [-0.15, -0.1) is 0 Å². The van der Waals surface area contributed by atoms with Crippen LogP contribution in [0.5, 0.6) is 0 Å². The van der Waals surface area contributed by atoms with Gasteiger partial charge in [0.25, 0.3) is 0 Å². The predicted molar refractivity (Wildman–Crippen MR) is 87.8 cm³/mol. The van der Waals surface area contributed by atoms with E-state index in [1.165, 1.54) is 0 Å². The number of aromatic nitrogens is 2. The molecule has 1 aromatic rings. The number of amides is 1. The zero-order valence-corrected chi connectivity index (χ0v) is 15.3. The fraction of sp³-hybridized carbons (Fsp3) is 0.750. The lowest BCUT2D eigenvalue weighted by Gasteiger charge is -2.39. The number of ether oxygens (including phenoxy) is 1. The minimum Gasteiger partial charge on any atom is -0.444 e. The van der Waals surface area contributed by atoms with Crippen LogP contribution in [0, 0.1) is 6.92 Å². The van der Waals surface area contributed by atoms with Crippen molar-refractivity contribution in [3.63, 3.8) is 0 Å². The van der Waals surface area contributed by atoms with Crippen LogP contribution in [-0.4, -0.2) is 38.5 Å². The van der Waals surface area contributed by atoms with Crippen molar-refractivity contribution in [1.82, 2.24) is 14.7 Å². The smallest absolute Gasteiger partial charge is 0.410 e. The molecule has 0 aliphatic carbocycles. The van der Waals surface area contributed by atoms with Crippen molar-refractivity contribution in [2.75, 3.05) is 0 Å². The number of rotatable bonds is 1. The second-order valence-corrected chi connectivity index (χ2v) is 8.27. The highest BCUT2D eigenvalue weighted by molar-refractivity contribution is 9.10. The lowest BCUT2D eigenvalue weighted by molar-refractivity contribution is 0.00223. The average molecular weight is 370 g/mol. The number of carbonyl (C=O) groups is 1. The standard InChI is InChI=1S/C16H24BrN3O2/c1-10-14(17)9-18-20(10)13-7-11-5-6-12(8-13)19(11)15(21)22-16(2,3)4/h9,11-13H,5-8H2,1-4H3/t11-,12+,13?. The SMILES string of the molecule is Cc1c(Br)cnn1C1C[C@H]2CC[C@@H](C1)N2C(=O)OC(C)(C)C. The summed E-state index contributed by atoms with van der Waals surface area (Å²) in [5.41, 5.74) is 0.728. The van der Waals surface area contributed by atoms with Gasteiger partial charge in [-0.1, -0.05) is 0 Å². The summed E-state index contributed by atoms with van der Waals surface area (Å²) in [4.78, 5) is 14.4. The first-order valence-corrected chi connectivity index (χ1v) is 8.76. The van der Waals surface area contributed by atoms with Crippen LogP contribution < -0.4 is 0 Å². The molecule has 2 fully saturated rings. The zero-order chi connectivity index (χ0) is 16.1. The van der Waals surface area contributed by atoms with E-state index in [0.29, 0.717) is 6.04 Å². The Morgan fingerprint density at radius 1 is 1.27 bits per heavy atom. The molecule has 2 aliphatic heterocycles. The Kier molecular flexibility index (Phi) is 4.00. The molecular weight excluding hydrogens is 346 g/mol. The van der Waals surface area contributed by atoms with Crippen LogP contribution in [0.1, 0.15) is 58.2 Å². The zero-order valence-electron chi connectivity index (χ0n) is 13.7. The summed E-state index contributed by atoms with van der Waals surface area (Å²) in [6.07, 6.45) is 5.77. The predicted octanol–water partition coefficient (Wildman–Crippen LogP) is 4.06. The van der Waals surface area contributed by atoms with Gasteiger partial charge in [0.05, 0.1) is 16.7 Å². The molecule has 2 saturated heterocycles. The summed E-state index contributed by atoms with van der Waals surface area (Å²) in [7, 11) is 0. The van der Waals surface area contributed by atoms with Gasteiger partial charge in [-0.25, -0.2) is 4.79 Å². The average Bonchev–Trinajstić information content (AvgIpc) is 2.86. The maximum atomic E-state index is 12.5. The van der Waals surface area contributed by atoms with Crippen LogP contribution in [0.4, 0.5) is 4.79 Å². The number of hydrogen-bond acceptors (Lipinski definition) is 3. The third-order valence-electron chi connectivity index (χ3n) is 4.64. The monoisotopic (exact) mass is 369 g/mol. The van der Waals surface area contributed by atoms with Gasteiger partial charge in [0.1, 0.15) is 5.60 Å². The first-order chi connectivity index (χ1) is 10.3. The molecule has 122 valence electrons. The number of nitrogens with zero attached hydrogens (tertiary/aromatic N) is 3. The Hall–Kier alpha value is -1.04. The molecule has 2 bridgehead atoms. The Morgan fingerprint density at radius 3 is 2.32 bits per heavy atom. The Labute approximate surface area is 140 Å². The topological polar surface area (TPSA) is 47.4 Å². The molecule has 2 aliphatic rings. The fourth-order valence-electron chi connectivity index (χ4n) is 3.73. The normalized spacial score (nSPS) is 28.0. The van der Waals surface area contributed by atoms with Crippen LogP contribution in [0.2, 0.25) is 0 Å². The minimum atomic E-state index is -0.434. The second-order valence-electron chi connectivity index (χ2n) is 7.42. The number of piperidine rings is 1. The largest absolute Gasteiger partial charge is 0.444 e. The minimum absolute atomic E-state index is 0.156. The van der Waals surface area contributed by atoms with Gasteiger partial charge < -0.3 is 9.64 Å². The fourth-order valence-corrected chi connectivity index (χ4v) is 4.00. The molecule has 1 unspecified atom stereocenters. The van der Waals surface area contributed by atoms with Gasteiger partial charge in [0, 0.05) is 17.8 Å². The lowest BCUT2D eigenvalue weighted by atomic mass is 9.97. The van der Waals surface area contributed by atoms with Gasteiger partial charge in [0.15, 0.2) is 0 Å². The van der Waals surface area contributed by atoms with Crippen LogP contribution >= 0.6 is 15.9 Å². The maximum Gasteiger partial charge on any atom is 0.410 e. The van der Waals surface area contributed by atoms with Crippen LogP contribution in [0.25, 0.3) is 0 Å². The van der Waals surface area contributed by atoms with Gasteiger partial charge in [-0.05, 0) is 69.3 Å². The molecule has 0 spiro atoms. The number of fused-ring (bicyclic) bond motifs is 2. The van der Waals surface area contributed by atoms with Crippen molar-refractivity contribution in [3.05, 3.63) is 16.4 Å². The van der Waals surface area contributed by atoms with E-state index in [1.807, 2.05) is 31.9 Å². The molecule has 0 radical (unpaired) electrons. The highest BCUT2D eigenvalue weighted by Gasteiger charge is 2.45. The third kappa shape index (κ3) is 2.90. The van der Waals surface area contributed by atoms with E-state index in [-0.39, 0.29) is 18.2 Å². The lowest BCUT2D eigenvalue weighted by Crippen LogP contribution is -2.49. The van der Waals surface area contributed by atoms with Crippen LogP contribution in [-0.2, 0) is 4.74 Å². The molecule has 5 nitrogen and oxygen atoms in total. The van der Waals surface area contributed by atoms with E-state index in [4.69, 9.17) is 4.74 Å². The van der Waals surface area contributed by atoms with E-state index < -0.39 is 5.60 Å². The van der Waals surface area contributed by atoms with Gasteiger partial charge in [0.2, 0.25) is 0 Å². The van der Waals surface area contributed by atoms with Crippen molar-refractivity contribution < 1.29 is 9.53 Å². The quantitative estimate of drug-likeness (QED) is 0.749. The highest BCUT2D eigenvalue weighted by atomic mass is 79.9. The molecule has 3 rings (SSSR count). The molecule has 0 aromatic carbocycles. The summed E-state index contributed by atoms with van der Waals surface area (Å²) < 4.78 is 8.75. The van der Waals surface area contributed by atoms with Gasteiger partial charge in [-0.2, -0.15) is 5.10 Å². The van der Waals surface area contributed by atoms with Crippen molar-refractivity contribution in [3.8, 4) is 0 Å². The van der Waals surface area contributed by atoms with E-state index >= 15 is 0 Å². The molecule has 0 N–H and O–H groups in total. The molecule has 6 heteroatoms. The summed E-state index contributed by atoms with van der Waals surface area (Å²) >= 11 is 3.53. The number of carbonyl (C=O) groups excluding carboxylic acids is 1. The van der Waals surface area contributed by atoms with Crippen molar-refractivity contribution in [1.29, 1.82) is 0 Å². The maximum absolute atomic E-state index is 12.5. The van der Waals surface area contributed by atoms with Gasteiger partial charge in [-0.3, -0.25) is 4.68 Å². The van der Waals surface area contributed by atoms with Gasteiger partial charge >= 0.3 is 6.09 Å². The number of hydrogen-bond donors (Lipinski definition) is 0. The summed E-state index contributed by atoms with van der Waals surface area (Å²) in [5.74, 6) is 0. The van der Waals surface area contributed by atoms with E-state index in [1.54, 1.807) is 0 Å². The first-order valence-electron chi connectivity index (χ1n) is 7.97. The second kappa shape index (κ2) is 5.55. The molecule has 3 heterocycles. The summed E-state index contributed by atoms with van der Waals surface area (Å²) in [5, 5.41) is 4.50. The molecule has 0 saturated carbocycles. The van der Waals surface area contributed by atoms with Crippen LogP contribution in [0.15, 0.2) is 10.7 Å². The van der Waals surface area contributed by atoms with Crippen LogP contribution in [0.3, 0.4) is 0 Å². The molecule has 1 amide bonds. The Bertz CT molecular complexity index is 564. The molecule has 3 atom stereocenters. The Balaban J connectivity index is 1.74. The van der Waals surface area contributed by atoms with Crippen molar-refractivity contribution >= 4 is 22.0 Å². The highest BCUT2D eigenvalue weighted by Crippen LogP contribution is 2.42. The van der Waals surface area contributed by atoms with E-state index in [0.717, 1.165) is 35.8 Å². The van der Waals surface area contributed by atoms with E-state index in [2.05, 4.69) is 32.6 Å². The summed E-state index contributed by atoms with van der Waals surface area (Å²) in [6, 6.07) is 0.935. The van der Waals surface area contributed by atoms with E-state index in [9.17, 15) is 4.79 Å². The summed E-state index contributed by atoms with van der Waals surface area (Å²) in [6.45, 7) is 7.85. The third-order valence-corrected chi connectivity index (χ3v) is 5.42. The van der Waals surface area contributed by atoms with Crippen molar-refractivity contribution in [2.24, 2.45) is 0 Å². The number of halogens is 1. The molecule has 1 aromatic heterocycles. The Morgan fingerprint density at radius 2 is 1.86 bits per heavy atom. The molecule has 22 heavy (non-hydrogen) atoms.